The molecule has 2 aromatic rings. The van der Waals surface area contributed by atoms with Crippen LogP contribution in [0.3, 0.4) is 0 Å². The third-order valence-corrected chi connectivity index (χ3v) is 4.04. The quantitative estimate of drug-likeness (QED) is 0.467. The van der Waals surface area contributed by atoms with Crippen LogP contribution in [0, 0.1) is 10.1 Å². The molecule has 0 atom stereocenters. The molecule has 0 N–H and O–H groups in total. The van der Waals surface area contributed by atoms with Crippen LogP contribution < -0.4 is 4.90 Å². The Morgan fingerprint density at radius 2 is 1.83 bits per heavy atom. The van der Waals surface area contributed by atoms with E-state index in [0.717, 1.165) is 5.56 Å². The third-order valence-electron chi connectivity index (χ3n) is 3.62. The van der Waals surface area contributed by atoms with Crippen molar-refractivity contribution in [2.75, 3.05) is 31.2 Å². The Labute approximate surface area is 148 Å². The Morgan fingerprint density at radius 1 is 1.17 bits per heavy atom. The molecule has 0 saturated carbocycles. The second-order valence-corrected chi connectivity index (χ2v) is 6.22. The summed E-state index contributed by atoms with van der Waals surface area (Å²) in [6, 6.07) is 9.20. The van der Waals surface area contributed by atoms with E-state index in [1.807, 2.05) is 30.3 Å². The van der Waals surface area contributed by atoms with Gasteiger partial charge in [0.25, 0.3) is 0 Å². The highest BCUT2D eigenvalue weighted by Gasteiger charge is 2.32. The SMILES string of the molecule is O=[N+]([O-])c1c(C(Cl)Cl)nc(-c2ccccc2)nc1N1CCOCC1. The van der Waals surface area contributed by atoms with Crippen LogP contribution in [0.15, 0.2) is 30.3 Å². The number of alkyl halides is 2. The summed E-state index contributed by atoms with van der Waals surface area (Å²) in [7, 11) is 0. The van der Waals surface area contributed by atoms with Gasteiger partial charge in [0.05, 0.1) is 18.1 Å². The normalized spacial score (nSPS) is 14.9. The second kappa shape index (κ2) is 7.29. The van der Waals surface area contributed by atoms with Gasteiger partial charge >= 0.3 is 5.69 Å². The van der Waals surface area contributed by atoms with Crippen molar-refractivity contribution in [1.29, 1.82) is 0 Å². The molecule has 1 saturated heterocycles. The van der Waals surface area contributed by atoms with Crippen molar-refractivity contribution in [3.8, 4) is 11.4 Å². The number of halogens is 2. The number of anilines is 1. The predicted octanol–water partition coefficient (Wildman–Crippen LogP) is 3.36. The molecule has 0 spiro atoms. The number of hydrogen-bond donors (Lipinski definition) is 0. The van der Waals surface area contributed by atoms with Gasteiger partial charge in [-0.3, -0.25) is 10.1 Å². The number of benzene rings is 1. The first-order chi connectivity index (χ1) is 11.6. The van der Waals surface area contributed by atoms with Crippen molar-refractivity contribution < 1.29 is 9.66 Å². The molecular formula is C15H14Cl2N4O3. The number of hydrogen-bond acceptors (Lipinski definition) is 6. The molecule has 0 unspecified atom stereocenters. The van der Waals surface area contributed by atoms with Gasteiger partial charge in [0.2, 0.25) is 5.82 Å². The van der Waals surface area contributed by atoms with Gasteiger partial charge in [0.1, 0.15) is 0 Å². The first kappa shape index (κ1) is 16.9. The van der Waals surface area contributed by atoms with Gasteiger partial charge in [-0.1, -0.05) is 53.5 Å². The summed E-state index contributed by atoms with van der Waals surface area (Å²) in [6.45, 7) is 1.95. The molecule has 2 heterocycles. The fourth-order valence-electron chi connectivity index (χ4n) is 2.50. The van der Waals surface area contributed by atoms with Crippen molar-refractivity contribution in [2.45, 2.75) is 4.84 Å². The Kier molecular flexibility index (Phi) is 5.13. The molecule has 1 aromatic carbocycles. The first-order valence-corrected chi connectivity index (χ1v) is 8.18. The van der Waals surface area contributed by atoms with Gasteiger partial charge < -0.3 is 9.64 Å². The molecule has 0 aliphatic carbocycles. The summed E-state index contributed by atoms with van der Waals surface area (Å²) < 4.78 is 5.31. The average molecular weight is 369 g/mol. The maximum absolute atomic E-state index is 11.6. The summed E-state index contributed by atoms with van der Waals surface area (Å²) in [5.41, 5.74) is 0.474. The Bertz CT molecular complexity index is 737. The van der Waals surface area contributed by atoms with Crippen LogP contribution >= 0.6 is 23.2 Å². The Hall–Kier alpha value is -1.96. The van der Waals surface area contributed by atoms with E-state index in [2.05, 4.69) is 9.97 Å². The zero-order chi connectivity index (χ0) is 17.1. The van der Waals surface area contributed by atoms with Gasteiger partial charge in [-0.05, 0) is 0 Å². The Morgan fingerprint density at radius 3 is 2.42 bits per heavy atom. The smallest absolute Gasteiger partial charge is 0.335 e. The van der Waals surface area contributed by atoms with Gasteiger partial charge in [0.15, 0.2) is 16.4 Å². The van der Waals surface area contributed by atoms with Crippen molar-refractivity contribution in [2.24, 2.45) is 0 Å². The van der Waals surface area contributed by atoms with Crippen LogP contribution in [-0.4, -0.2) is 41.2 Å². The van der Waals surface area contributed by atoms with Crippen LogP contribution in [0.1, 0.15) is 10.5 Å². The lowest BCUT2D eigenvalue weighted by atomic mass is 10.2. The summed E-state index contributed by atoms with van der Waals surface area (Å²) in [4.78, 5) is 20.4. The molecule has 1 aromatic heterocycles. The van der Waals surface area contributed by atoms with E-state index in [4.69, 9.17) is 27.9 Å². The second-order valence-electron chi connectivity index (χ2n) is 5.13. The molecule has 126 valence electrons. The average Bonchev–Trinajstić information content (AvgIpc) is 2.62. The molecule has 7 nitrogen and oxygen atoms in total. The van der Waals surface area contributed by atoms with Crippen LogP contribution in [0.25, 0.3) is 11.4 Å². The van der Waals surface area contributed by atoms with E-state index >= 15 is 0 Å². The van der Waals surface area contributed by atoms with Crippen LogP contribution in [-0.2, 0) is 4.74 Å². The number of morpholine rings is 1. The Balaban J connectivity index is 2.19. The number of aromatic nitrogens is 2. The maximum Gasteiger partial charge on any atom is 0.335 e. The highest BCUT2D eigenvalue weighted by molar-refractivity contribution is 6.44. The van der Waals surface area contributed by atoms with E-state index < -0.39 is 9.76 Å². The summed E-state index contributed by atoms with van der Waals surface area (Å²) in [6.07, 6.45) is 0. The predicted molar refractivity (Wildman–Crippen MR) is 91.6 cm³/mol. The van der Waals surface area contributed by atoms with E-state index in [1.54, 1.807) is 4.90 Å². The van der Waals surface area contributed by atoms with Gasteiger partial charge in [0, 0.05) is 18.7 Å². The lowest BCUT2D eigenvalue weighted by molar-refractivity contribution is -0.385. The lowest BCUT2D eigenvalue weighted by Gasteiger charge is -2.28. The van der Waals surface area contributed by atoms with Crippen molar-refractivity contribution in [3.63, 3.8) is 0 Å². The minimum atomic E-state index is -1.13. The topological polar surface area (TPSA) is 81.4 Å². The highest BCUT2D eigenvalue weighted by Crippen LogP contribution is 2.38. The van der Waals surface area contributed by atoms with E-state index in [1.165, 1.54) is 0 Å². The molecule has 9 heteroatoms. The van der Waals surface area contributed by atoms with Gasteiger partial charge in [-0.25, -0.2) is 9.97 Å². The van der Waals surface area contributed by atoms with Crippen LogP contribution in [0.4, 0.5) is 11.5 Å². The van der Waals surface area contributed by atoms with Crippen molar-refractivity contribution in [1.82, 2.24) is 9.97 Å². The van der Waals surface area contributed by atoms with E-state index in [-0.39, 0.29) is 17.2 Å². The van der Waals surface area contributed by atoms with Crippen molar-refractivity contribution >= 4 is 34.7 Å². The summed E-state index contributed by atoms with van der Waals surface area (Å²) >= 11 is 11.9. The summed E-state index contributed by atoms with van der Waals surface area (Å²) in [5.74, 6) is 0.572. The van der Waals surface area contributed by atoms with E-state index in [0.29, 0.717) is 32.1 Å². The largest absolute Gasteiger partial charge is 0.378 e. The standard InChI is InChI=1S/C15H14Cl2N4O3/c16-13(17)11-12(21(22)23)15(20-6-8-24-9-7-20)19-14(18-11)10-4-2-1-3-5-10/h1-5,13H,6-9H2. The van der Waals surface area contributed by atoms with Gasteiger partial charge in [-0.2, -0.15) is 0 Å². The summed E-state index contributed by atoms with van der Waals surface area (Å²) in [5, 5.41) is 11.6. The minimum absolute atomic E-state index is 0.00122. The molecule has 1 fully saturated rings. The molecule has 3 rings (SSSR count). The van der Waals surface area contributed by atoms with Crippen LogP contribution in [0.5, 0.6) is 0 Å². The maximum atomic E-state index is 11.6. The lowest BCUT2D eigenvalue weighted by Crippen LogP contribution is -2.37. The monoisotopic (exact) mass is 368 g/mol. The van der Waals surface area contributed by atoms with E-state index in [9.17, 15) is 10.1 Å². The highest BCUT2D eigenvalue weighted by atomic mass is 35.5. The third kappa shape index (κ3) is 3.43. The first-order valence-electron chi connectivity index (χ1n) is 7.30. The molecule has 24 heavy (non-hydrogen) atoms. The van der Waals surface area contributed by atoms with Gasteiger partial charge in [-0.15, -0.1) is 0 Å². The fraction of sp³-hybridized carbons (Fsp3) is 0.333. The zero-order valence-corrected chi connectivity index (χ0v) is 14.1. The fourth-order valence-corrected chi connectivity index (χ4v) is 2.80. The number of nitrogens with zero attached hydrogens (tertiary/aromatic N) is 4. The molecule has 1 aliphatic heterocycles. The van der Waals surface area contributed by atoms with Crippen LogP contribution in [0.2, 0.25) is 0 Å². The molecule has 0 radical (unpaired) electrons. The molecule has 0 amide bonds. The molecular weight excluding hydrogens is 355 g/mol. The van der Waals surface area contributed by atoms with Crippen molar-refractivity contribution in [3.05, 3.63) is 46.1 Å². The molecule has 1 aliphatic rings. The number of ether oxygens (including phenoxy) is 1. The minimum Gasteiger partial charge on any atom is -0.378 e. The number of rotatable bonds is 4. The number of nitro groups is 1. The zero-order valence-electron chi connectivity index (χ0n) is 12.6. The molecule has 0 bridgehead atoms.